The Hall–Kier alpha value is -2.63. The maximum atomic E-state index is 12.5. The Morgan fingerprint density at radius 3 is 2.96 bits per heavy atom. The molecule has 0 aliphatic carbocycles. The van der Waals surface area contributed by atoms with Crippen LogP contribution in [-0.4, -0.2) is 37.5 Å². The van der Waals surface area contributed by atoms with Gasteiger partial charge in [0.05, 0.1) is 9.83 Å². The van der Waals surface area contributed by atoms with Gasteiger partial charge in [0.2, 0.25) is 5.91 Å². The standard InChI is InChI=1S/C16H12N4O4S3/c21-13(18-15-17-5-7-26-15)4-6-19-14(22)12(27-16(19)25)9-10-2-1-3-11(8-10)20(23)24/h1-3,5,7-9H,4,6H2,(H,17,18,21)/b12-9-. The van der Waals surface area contributed by atoms with Gasteiger partial charge in [-0.15, -0.1) is 11.3 Å². The predicted octanol–water partition coefficient (Wildman–Crippen LogP) is 3.28. The summed E-state index contributed by atoms with van der Waals surface area (Å²) < 4.78 is 0.346. The molecule has 1 fully saturated rings. The number of amides is 2. The van der Waals surface area contributed by atoms with Crippen LogP contribution >= 0.6 is 35.3 Å². The normalized spacial score (nSPS) is 15.4. The molecule has 138 valence electrons. The molecule has 0 bridgehead atoms. The van der Waals surface area contributed by atoms with Crippen LogP contribution in [0.5, 0.6) is 0 Å². The smallest absolute Gasteiger partial charge is 0.270 e. The van der Waals surface area contributed by atoms with Crippen LogP contribution in [0.25, 0.3) is 6.08 Å². The Balaban J connectivity index is 1.65. The minimum Gasteiger partial charge on any atom is -0.302 e. The molecule has 2 amide bonds. The molecule has 0 saturated carbocycles. The summed E-state index contributed by atoms with van der Waals surface area (Å²) in [7, 11) is 0. The zero-order valence-corrected chi connectivity index (χ0v) is 16.1. The van der Waals surface area contributed by atoms with E-state index < -0.39 is 4.92 Å². The van der Waals surface area contributed by atoms with Gasteiger partial charge in [0, 0.05) is 36.7 Å². The largest absolute Gasteiger partial charge is 0.302 e. The topological polar surface area (TPSA) is 105 Å². The fraction of sp³-hybridized carbons (Fsp3) is 0.125. The lowest BCUT2D eigenvalue weighted by molar-refractivity contribution is -0.384. The molecule has 1 aromatic carbocycles. The lowest BCUT2D eigenvalue weighted by Gasteiger charge is -2.13. The van der Waals surface area contributed by atoms with Gasteiger partial charge in [-0.05, 0) is 11.6 Å². The number of carbonyl (C=O) groups is 2. The summed E-state index contributed by atoms with van der Waals surface area (Å²) in [6.07, 6.45) is 3.22. The molecule has 0 spiro atoms. The van der Waals surface area contributed by atoms with Crippen molar-refractivity contribution in [1.29, 1.82) is 0 Å². The number of nitrogens with zero attached hydrogens (tertiary/aromatic N) is 3. The first-order valence-corrected chi connectivity index (χ1v) is 9.73. The molecule has 1 saturated heterocycles. The van der Waals surface area contributed by atoms with Crippen molar-refractivity contribution >= 4 is 68.3 Å². The van der Waals surface area contributed by atoms with Crippen LogP contribution < -0.4 is 5.32 Å². The minimum atomic E-state index is -0.496. The van der Waals surface area contributed by atoms with Crippen molar-refractivity contribution in [2.24, 2.45) is 0 Å². The molecule has 1 aromatic heterocycles. The summed E-state index contributed by atoms with van der Waals surface area (Å²) in [6, 6.07) is 5.98. The highest BCUT2D eigenvalue weighted by molar-refractivity contribution is 8.26. The number of thiocarbonyl (C=S) groups is 1. The number of thiazole rings is 1. The Bertz CT molecular complexity index is 943. The predicted molar refractivity (Wildman–Crippen MR) is 108 cm³/mol. The van der Waals surface area contributed by atoms with E-state index in [-0.39, 0.29) is 30.5 Å². The molecule has 11 heteroatoms. The van der Waals surface area contributed by atoms with E-state index >= 15 is 0 Å². The van der Waals surface area contributed by atoms with Crippen molar-refractivity contribution in [3.8, 4) is 0 Å². The number of aromatic nitrogens is 1. The van der Waals surface area contributed by atoms with Gasteiger partial charge < -0.3 is 5.32 Å². The molecule has 0 radical (unpaired) electrons. The number of carbonyl (C=O) groups excluding carboxylic acids is 2. The molecule has 1 N–H and O–H groups in total. The molecule has 3 rings (SSSR count). The molecule has 8 nitrogen and oxygen atoms in total. The average molecular weight is 420 g/mol. The first-order valence-electron chi connectivity index (χ1n) is 7.63. The van der Waals surface area contributed by atoms with Crippen LogP contribution in [0, 0.1) is 10.1 Å². The molecule has 27 heavy (non-hydrogen) atoms. The number of nitro groups is 1. The molecule has 1 aliphatic rings. The zero-order chi connectivity index (χ0) is 19.4. The zero-order valence-electron chi connectivity index (χ0n) is 13.7. The minimum absolute atomic E-state index is 0.0573. The van der Waals surface area contributed by atoms with Crippen LogP contribution in [0.4, 0.5) is 10.8 Å². The van der Waals surface area contributed by atoms with Crippen molar-refractivity contribution in [3.05, 3.63) is 56.4 Å². The maximum absolute atomic E-state index is 12.5. The summed E-state index contributed by atoms with van der Waals surface area (Å²) >= 11 is 7.63. The van der Waals surface area contributed by atoms with Crippen LogP contribution in [0.2, 0.25) is 0 Å². The maximum Gasteiger partial charge on any atom is 0.270 e. The van der Waals surface area contributed by atoms with Crippen molar-refractivity contribution in [3.63, 3.8) is 0 Å². The number of nitro benzene ring substituents is 1. The average Bonchev–Trinajstić information content (AvgIpc) is 3.22. The molecule has 2 heterocycles. The van der Waals surface area contributed by atoms with E-state index in [0.29, 0.717) is 19.9 Å². The third-order valence-corrected chi connectivity index (χ3v) is 5.56. The van der Waals surface area contributed by atoms with Crippen LogP contribution in [0.15, 0.2) is 40.7 Å². The quantitative estimate of drug-likeness (QED) is 0.331. The van der Waals surface area contributed by atoms with Gasteiger partial charge in [-0.3, -0.25) is 24.6 Å². The Labute approximate surface area is 167 Å². The second-order valence-corrected chi connectivity index (χ2v) is 7.89. The number of non-ortho nitro benzene ring substituents is 1. The monoisotopic (exact) mass is 420 g/mol. The summed E-state index contributed by atoms with van der Waals surface area (Å²) in [4.78, 5) is 40.5. The highest BCUT2D eigenvalue weighted by atomic mass is 32.2. The summed E-state index contributed by atoms with van der Waals surface area (Å²) in [5, 5.41) is 15.8. The van der Waals surface area contributed by atoms with Crippen LogP contribution in [0.1, 0.15) is 12.0 Å². The van der Waals surface area contributed by atoms with Gasteiger partial charge in [0.15, 0.2) is 5.13 Å². The van der Waals surface area contributed by atoms with Gasteiger partial charge in [-0.25, -0.2) is 4.98 Å². The number of rotatable bonds is 6. The number of thioether (sulfide) groups is 1. The summed E-state index contributed by atoms with van der Waals surface area (Å²) in [5.41, 5.74) is 0.476. The second-order valence-electron chi connectivity index (χ2n) is 5.32. The number of anilines is 1. The van der Waals surface area contributed by atoms with Gasteiger partial charge >= 0.3 is 0 Å². The lowest BCUT2D eigenvalue weighted by atomic mass is 10.2. The molecule has 0 atom stereocenters. The molecular weight excluding hydrogens is 408 g/mol. The number of hydrogen-bond donors (Lipinski definition) is 1. The van der Waals surface area contributed by atoms with Crippen LogP contribution in [-0.2, 0) is 9.59 Å². The van der Waals surface area contributed by atoms with Crippen molar-refractivity contribution in [2.75, 3.05) is 11.9 Å². The Kier molecular flexibility index (Phi) is 5.94. The second kappa shape index (κ2) is 8.37. The molecule has 0 unspecified atom stereocenters. The lowest BCUT2D eigenvalue weighted by Crippen LogP contribution is -2.31. The van der Waals surface area contributed by atoms with Crippen molar-refractivity contribution < 1.29 is 14.5 Å². The van der Waals surface area contributed by atoms with Gasteiger partial charge in [-0.1, -0.05) is 36.1 Å². The van der Waals surface area contributed by atoms with E-state index in [0.717, 1.165) is 11.8 Å². The SMILES string of the molecule is O=C(CCN1C(=O)/C(=C/c2cccc([N+](=O)[O-])c2)SC1=S)Nc1nccs1. The number of nitrogens with one attached hydrogen (secondary N) is 1. The van der Waals surface area contributed by atoms with Gasteiger partial charge in [0.1, 0.15) is 4.32 Å². The first kappa shape index (κ1) is 19.1. The highest BCUT2D eigenvalue weighted by Crippen LogP contribution is 2.33. The molecular formula is C16H12N4O4S3. The highest BCUT2D eigenvalue weighted by Gasteiger charge is 2.32. The number of hydrogen-bond acceptors (Lipinski definition) is 8. The van der Waals surface area contributed by atoms with E-state index in [1.165, 1.54) is 28.4 Å². The Morgan fingerprint density at radius 2 is 2.26 bits per heavy atom. The third-order valence-electron chi connectivity index (χ3n) is 3.49. The fourth-order valence-corrected chi connectivity index (χ4v) is 4.11. The molecule has 2 aromatic rings. The fourth-order valence-electron chi connectivity index (χ4n) is 2.25. The van der Waals surface area contributed by atoms with Crippen molar-refractivity contribution in [2.45, 2.75) is 6.42 Å². The van der Waals surface area contributed by atoms with Gasteiger partial charge in [0.25, 0.3) is 11.6 Å². The van der Waals surface area contributed by atoms with E-state index in [1.807, 2.05) is 0 Å². The third kappa shape index (κ3) is 4.76. The summed E-state index contributed by atoms with van der Waals surface area (Å²) in [5.74, 6) is -0.583. The Morgan fingerprint density at radius 1 is 1.44 bits per heavy atom. The van der Waals surface area contributed by atoms with E-state index in [9.17, 15) is 19.7 Å². The number of benzene rings is 1. The van der Waals surface area contributed by atoms with Crippen LogP contribution in [0.3, 0.4) is 0 Å². The van der Waals surface area contributed by atoms with Gasteiger partial charge in [-0.2, -0.15) is 0 Å². The van der Waals surface area contributed by atoms with E-state index in [1.54, 1.807) is 29.8 Å². The summed E-state index contributed by atoms with van der Waals surface area (Å²) in [6.45, 7) is 0.147. The van der Waals surface area contributed by atoms with E-state index in [4.69, 9.17) is 12.2 Å². The van der Waals surface area contributed by atoms with Crippen molar-refractivity contribution in [1.82, 2.24) is 9.88 Å². The van der Waals surface area contributed by atoms with E-state index in [2.05, 4.69) is 10.3 Å². The first-order chi connectivity index (χ1) is 12.9. The molecule has 1 aliphatic heterocycles.